The number of aliphatic hydroxyl groups is 1. The Morgan fingerprint density at radius 1 is 1.29 bits per heavy atom. The van der Waals surface area contributed by atoms with E-state index in [4.69, 9.17) is 9.84 Å². The Labute approximate surface area is 126 Å². The second kappa shape index (κ2) is 7.46. The molecule has 4 nitrogen and oxygen atoms in total. The first-order valence-electron chi connectivity index (χ1n) is 7.47. The summed E-state index contributed by atoms with van der Waals surface area (Å²) in [4.78, 5) is 11.7. The molecule has 1 rings (SSSR count). The number of phenolic OH excluding ortho intramolecular Hbond substituents is 1. The first kappa shape index (κ1) is 17.5. The van der Waals surface area contributed by atoms with Gasteiger partial charge in [-0.25, -0.2) is 0 Å². The molecule has 0 saturated carbocycles. The van der Waals surface area contributed by atoms with E-state index in [1.54, 1.807) is 0 Å². The minimum Gasteiger partial charge on any atom is -0.507 e. The fraction of sp³-hybridized carbons (Fsp3) is 0.588. The topological polar surface area (TPSA) is 66.8 Å². The van der Waals surface area contributed by atoms with Crippen LogP contribution in [-0.4, -0.2) is 29.4 Å². The normalized spacial score (nSPS) is 11.5. The Bertz CT molecular complexity index is 492. The largest absolute Gasteiger partial charge is 0.507 e. The van der Waals surface area contributed by atoms with E-state index in [1.165, 1.54) is 0 Å². The van der Waals surface area contributed by atoms with Gasteiger partial charge in [0.1, 0.15) is 12.4 Å². The number of aryl methyl sites for hydroxylation is 1. The van der Waals surface area contributed by atoms with Crippen molar-refractivity contribution < 1.29 is 19.7 Å². The molecule has 0 saturated heterocycles. The van der Waals surface area contributed by atoms with Gasteiger partial charge in [-0.1, -0.05) is 39.8 Å². The number of hydrogen-bond donors (Lipinski definition) is 2. The third-order valence-electron chi connectivity index (χ3n) is 3.95. The van der Waals surface area contributed by atoms with Crippen LogP contribution >= 0.6 is 0 Å². The highest BCUT2D eigenvalue weighted by molar-refractivity contribution is 5.73. The highest BCUT2D eigenvalue weighted by atomic mass is 16.5. The Hall–Kier alpha value is -1.55. The summed E-state index contributed by atoms with van der Waals surface area (Å²) in [5.74, 6) is -0.0335. The molecule has 4 heteroatoms. The molecule has 0 heterocycles. The van der Waals surface area contributed by atoms with Crippen molar-refractivity contribution >= 4 is 5.97 Å². The average molecular weight is 294 g/mol. The van der Waals surface area contributed by atoms with Crippen LogP contribution in [0.4, 0.5) is 0 Å². The van der Waals surface area contributed by atoms with Crippen molar-refractivity contribution in [2.45, 2.75) is 52.4 Å². The third kappa shape index (κ3) is 4.46. The lowest BCUT2D eigenvalue weighted by Crippen LogP contribution is -2.18. The first-order valence-corrected chi connectivity index (χ1v) is 7.47. The molecule has 1 aromatic carbocycles. The van der Waals surface area contributed by atoms with Crippen molar-refractivity contribution in [3.8, 4) is 5.75 Å². The second-order valence-electron chi connectivity index (χ2n) is 5.86. The van der Waals surface area contributed by atoms with Crippen LogP contribution in [0.1, 0.15) is 50.8 Å². The van der Waals surface area contributed by atoms with Crippen LogP contribution in [0.5, 0.6) is 5.75 Å². The van der Waals surface area contributed by atoms with E-state index < -0.39 is 0 Å². The summed E-state index contributed by atoms with van der Waals surface area (Å²) >= 11 is 0. The predicted octanol–water partition coefficient (Wildman–Crippen LogP) is 2.72. The lowest BCUT2D eigenvalue weighted by atomic mass is 9.79. The smallest absolute Gasteiger partial charge is 0.310 e. The van der Waals surface area contributed by atoms with E-state index in [-0.39, 0.29) is 31.0 Å². The lowest BCUT2D eigenvalue weighted by molar-refractivity contribution is -0.143. The molecule has 1 aromatic rings. The molecular weight excluding hydrogens is 268 g/mol. The van der Waals surface area contributed by atoms with Gasteiger partial charge in [-0.15, -0.1) is 0 Å². The molecule has 2 N–H and O–H groups in total. The predicted molar refractivity (Wildman–Crippen MR) is 82.6 cm³/mol. The number of carbonyl (C=O) groups excluding carboxylic acids is 1. The fourth-order valence-corrected chi connectivity index (χ4v) is 2.22. The number of phenols is 1. The minimum atomic E-state index is -0.364. The number of esters is 1. The van der Waals surface area contributed by atoms with Gasteiger partial charge >= 0.3 is 5.97 Å². The molecule has 21 heavy (non-hydrogen) atoms. The summed E-state index contributed by atoms with van der Waals surface area (Å²) in [6.45, 7) is 8.06. The molecule has 0 aromatic heterocycles. The number of hydrogen-bond acceptors (Lipinski definition) is 4. The summed E-state index contributed by atoms with van der Waals surface area (Å²) in [5.41, 5.74) is 2.40. The summed E-state index contributed by atoms with van der Waals surface area (Å²) in [7, 11) is 0. The van der Waals surface area contributed by atoms with Crippen LogP contribution in [0.25, 0.3) is 0 Å². The van der Waals surface area contributed by atoms with Gasteiger partial charge in [0.2, 0.25) is 0 Å². The van der Waals surface area contributed by atoms with E-state index in [1.807, 2.05) is 19.1 Å². The molecular formula is C17H26O4. The van der Waals surface area contributed by atoms with Gasteiger partial charge in [-0.05, 0) is 29.4 Å². The molecule has 0 radical (unpaired) electrons. The van der Waals surface area contributed by atoms with E-state index >= 15 is 0 Å². The van der Waals surface area contributed by atoms with Crippen LogP contribution in [0.3, 0.4) is 0 Å². The molecule has 0 atom stereocenters. The number of carbonyl (C=O) groups is 1. The Morgan fingerprint density at radius 3 is 2.48 bits per heavy atom. The number of aromatic hydroxyl groups is 1. The molecule has 0 unspecified atom stereocenters. The minimum absolute atomic E-state index is 0.0187. The standard InChI is InChI=1S/C17H26O4/c1-5-13-9-12(11-15(19)21-8-7-18)10-14(16(13)20)17(3,4)6-2/h9-10,18,20H,5-8,11H2,1-4H3. The molecule has 0 aliphatic rings. The third-order valence-corrected chi connectivity index (χ3v) is 3.95. The molecule has 0 fully saturated rings. The maximum atomic E-state index is 11.7. The molecule has 0 aliphatic heterocycles. The zero-order valence-corrected chi connectivity index (χ0v) is 13.4. The van der Waals surface area contributed by atoms with Crippen LogP contribution in [0.2, 0.25) is 0 Å². The first-order chi connectivity index (χ1) is 9.85. The van der Waals surface area contributed by atoms with Gasteiger partial charge in [0.15, 0.2) is 0 Å². The van der Waals surface area contributed by atoms with E-state index in [2.05, 4.69) is 20.8 Å². The van der Waals surface area contributed by atoms with Crippen molar-refractivity contribution in [2.75, 3.05) is 13.2 Å². The van der Waals surface area contributed by atoms with Crippen LogP contribution < -0.4 is 0 Å². The van der Waals surface area contributed by atoms with Gasteiger partial charge < -0.3 is 14.9 Å². The number of aliphatic hydroxyl groups excluding tert-OH is 1. The fourth-order valence-electron chi connectivity index (χ4n) is 2.22. The Balaban J connectivity index is 3.11. The van der Waals surface area contributed by atoms with E-state index in [0.717, 1.165) is 23.1 Å². The molecule has 0 bridgehead atoms. The van der Waals surface area contributed by atoms with Crippen molar-refractivity contribution in [3.05, 3.63) is 28.8 Å². The van der Waals surface area contributed by atoms with Crippen LogP contribution in [0.15, 0.2) is 12.1 Å². The van der Waals surface area contributed by atoms with Gasteiger partial charge in [0, 0.05) is 5.56 Å². The van der Waals surface area contributed by atoms with E-state index in [0.29, 0.717) is 12.2 Å². The summed E-state index contributed by atoms with van der Waals surface area (Å²) in [6, 6.07) is 3.74. The lowest BCUT2D eigenvalue weighted by Gasteiger charge is -2.26. The van der Waals surface area contributed by atoms with Crippen molar-refractivity contribution in [2.24, 2.45) is 0 Å². The Kier molecular flexibility index (Phi) is 6.21. The summed E-state index contributed by atoms with van der Waals surface area (Å²) in [5, 5.41) is 19.1. The Morgan fingerprint density at radius 2 is 1.95 bits per heavy atom. The average Bonchev–Trinajstić information content (AvgIpc) is 2.46. The number of rotatable bonds is 7. The molecule has 0 spiro atoms. The summed E-state index contributed by atoms with van der Waals surface area (Å²) in [6.07, 6.45) is 1.75. The SMILES string of the molecule is CCc1cc(CC(=O)OCCO)cc(C(C)(C)CC)c1O. The van der Waals surface area contributed by atoms with Crippen LogP contribution in [-0.2, 0) is 27.8 Å². The van der Waals surface area contributed by atoms with Gasteiger partial charge in [-0.3, -0.25) is 4.79 Å². The van der Waals surface area contributed by atoms with Crippen molar-refractivity contribution in [3.63, 3.8) is 0 Å². The quantitative estimate of drug-likeness (QED) is 0.759. The second-order valence-corrected chi connectivity index (χ2v) is 5.86. The van der Waals surface area contributed by atoms with Crippen LogP contribution in [0, 0.1) is 0 Å². The molecule has 0 amide bonds. The molecule has 118 valence electrons. The van der Waals surface area contributed by atoms with E-state index in [9.17, 15) is 9.90 Å². The maximum absolute atomic E-state index is 11.7. The number of ether oxygens (including phenoxy) is 1. The number of benzene rings is 1. The zero-order valence-electron chi connectivity index (χ0n) is 13.4. The maximum Gasteiger partial charge on any atom is 0.310 e. The monoisotopic (exact) mass is 294 g/mol. The molecule has 0 aliphatic carbocycles. The highest BCUT2D eigenvalue weighted by Crippen LogP contribution is 2.37. The highest BCUT2D eigenvalue weighted by Gasteiger charge is 2.24. The van der Waals surface area contributed by atoms with Gasteiger partial charge in [0.05, 0.1) is 13.0 Å². The van der Waals surface area contributed by atoms with Crippen molar-refractivity contribution in [1.82, 2.24) is 0 Å². The van der Waals surface area contributed by atoms with Gasteiger partial charge in [-0.2, -0.15) is 0 Å². The summed E-state index contributed by atoms with van der Waals surface area (Å²) < 4.78 is 4.90. The van der Waals surface area contributed by atoms with Gasteiger partial charge in [0.25, 0.3) is 0 Å². The zero-order chi connectivity index (χ0) is 16.0. The van der Waals surface area contributed by atoms with Crippen molar-refractivity contribution in [1.29, 1.82) is 0 Å².